The maximum absolute atomic E-state index is 12.7. The first-order chi connectivity index (χ1) is 12.6. The number of carbonyl (C=O) groups excluding carboxylic acids is 3. The zero-order valence-electron chi connectivity index (χ0n) is 14.5. The van der Waals surface area contributed by atoms with Crippen LogP contribution < -0.4 is 0 Å². The average Bonchev–Trinajstić information content (AvgIpc) is 2.91. The number of carbonyl (C=O) groups is 3. The first-order valence-electron chi connectivity index (χ1n) is 8.51. The van der Waals surface area contributed by atoms with Crippen molar-refractivity contribution in [2.45, 2.75) is 13.5 Å². The minimum atomic E-state index is -0.395. The molecule has 6 heteroatoms. The third kappa shape index (κ3) is 3.23. The molecule has 0 radical (unpaired) electrons. The van der Waals surface area contributed by atoms with E-state index in [4.69, 9.17) is 5.11 Å². The molecule has 0 spiro atoms. The summed E-state index contributed by atoms with van der Waals surface area (Å²) < 4.78 is 0. The van der Waals surface area contributed by atoms with Crippen LogP contribution in [0.5, 0.6) is 0 Å². The van der Waals surface area contributed by atoms with Gasteiger partial charge in [-0.1, -0.05) is 30.3 Å². The first kappa shape index (κ1) is 17.8. The lowest BCUT2D eigenvalue weighted by atomic mass is 10.0. The third-order valence-electron chi connectivity index (χ3n) is 4.44. The van der Waals surface area contributed by atoms with Gasteiger partial charge in [0, 0.05) is 18.7 Å². The molecular weight excluding hydrogens is 332 g/mol. The van der Waals surface area contributed by atoms with Crippen LogP contribution in [0, 0.1) is 0 Å². The SMILES string of the molecule is CCN(CCO)C(=O)c1ccc2c(c1)C(=O)N(Cc1ccccc1)C2=O. The number of hydrogen-bond donors (Lipinski definition) is 1. The molecule has 0 saturated heterocycles. The highest BCUT2D eigenvalue weighted by atomic mass is 16.3. The molecule has 3 amide bonds. The fourth-order valence-corrected chi connectivity index (χ4v) is 3.04. The Bertz CT molecular complexity index is 848. The Morgan fingerprint density at radius 3 is 2.38 bits per heavy atom. The predicted octanol–water partition coefficient (Wildman–Crippen LogP) is 1.94. The van der Waals surface area contributed by atoms with Crippen LogP contribution in [0.3, 0.4) is 0 Å². The molecule has 2 aromatic carbocycles. The number of aliphatic hydroxyl groups is 1. The van der Waals surface area contributed by atoms with Gasteiger partial charge in [-0.15, -0.1) is 0 Å². The van der Waals surface area contributed by atoms with E-state index in [-0.39, 0.29) is 37.1 Å². The quantitative estimate of drug-likeness (QED) is 0.806. The van der Waals surface area contributed by atoms with Crippen LogP contribution >= 0.6 is 0 Å². The van der Waals surface area contributed by atoms with E-state index in [9.17, 15) is 14.4 Å². The number of aliphatic hydroxyl groups excluding tert-OH is 1. The summed E-state index contributed by atoms with van der Waals surface area (Å²) >= 11 is 0. The highest BCUT2D eigenvalue weighted by Gasteiger charge is 2.36. The van der Waals surface area contributed by atoms with Crippen LogP contribution in [0.15, 0.2) is 48.5 Å². The van der Waals surface area contributed by atoms with E-state index in [0.29, 0.717) is 17.7 Å². The highest BCUT2D eigenvalue weighted by molar-refractivity contribution is 6.22. The molecule has 1 aliphatic heterocycles. The number of hydrogen-bond acceptors (Lipinski definition) is 4. The molecule has 134 valence electrons. The second-order valence-corrected chi connectivity index (χ2v) is 6.05. The zero-order valence-corrected chi connectivity index (χ0v) is 14.5. The van der Waals surface area contributed by atoms with Crippen LogP contribution in [0.4, 0.5) is 0 Å². The molecule has 1 N–H and O–H groups in total. The van der Waals surface area contributed by atoms with E-state index < -0.39 is 5.91 Å². The van der Waals surface area contributed by atoms with Crippen LogP contribution in [0.2, 0.25) is 0 Å². The summed E-state index contributed by atoms with van der Waals surface area (Å²) in [6.45, 7) is 2.55. The standard InChI is InChI=1S/C20H20N2O4/c1-2-21(10-11-23)18(24)15-8-9-16-17(12-15)20(26)22(19(16)25)13-14-6-4-3-5-7-14/h3-9,12,23H,2,10-11,13H2,1H3. The second kappa shape index (κ2) is 7.49. The molecule has 0 saturated carbocycles. The predicted molar refractivity (Wildman–Crippen MR) is 95.8 cm³/mol. The summed E-state index contributed by atoms with van der Waals surface area (Å²) in [6, 6.07) is 13.8. The molecule has 0 atom stereocenters. The van der Waals surface area contributed by atoms with Crippen molar-refractivity contribution in [3.05, 3.63) is 70.8 Å². The molecule has 2 aromatic rings. The zero-order chi connectivity index (χ0) is 18.7. The molecule has 0 aromatic heterocycles. The Morgan fingerprint density at radius 2 is 1.73 bits per heavy atom. The van der Waals surface area contributed by atoms with Gasteiger partial charge in [0.25, 0.3) is 17.7 Å². The van der Waals surface area contributed by atoms with Crippen LogP contribution in [-0.4, -0.2) is 52.3 Å². The molecule has 1 heterocycles. The van der Waals surface area contributed by atoms with E-state index in [1.54, 1.807) is 6.07 Å². The molecular formula is C20H20N2O4. The number of likely N-dealkylation sites (N-methyl/N-ethyl adjacent to an activating group) is 1. The number of imide groups is 1. The molecule has 1 aliphatic rings. The van der Waals surface area contributed by atoms with Crippen molar-refractivity contribution in [3.8, 4) is 0 Å². The molecule has 0 fully saturated rings. The van der Waals surface area contributed by atoms with Gasteiger partial charge in [-0.25, -0.2) is 0 Å². The number of rotatable bonds is 6. The Kier molecular flexibility index (Phi) is 5.14. The first-order valence-corrected chi connectivity index (χ1v) is 8.51. The van der Waals surface area contributed by atoms with E-state index in [1.165, 1.54) is 21.9 Å². The van der Waals surface area contributed by atoms with Gasteiger partial charge in [-0.2, -0.15) is 0 Å². The van der Waals surface area contributed by atoms with Gasteiger partial charge in [0.05, 0.1) is 24.3 Å². The number of benzene rings is 2. The van der Waals surface area contributed by atoms with Crippen molar-refractivity contribution >= 4 is 17.7 Å². The highest BCUT2D eigenvalue weighted by Crippen LogP contribution is 2.26. The van der Waals surface area contributed by atoms with Gasteiger partial charge in [0.15, 0.2) is 0 Å². The number of fused-ring (bicyclic) bond motifs is 1. The van der Waals surface area contributed by atoms with E-state index in [0.717, 1.165) is 5.56 Å². The minimum absolute atomic E-state index is 0.132. The molecule has 0 aliphatic carbocycles. The van der Waals surface area contributed by atoms with Crippen molar-refractivity contribution in [2.75, 3.05) is 19.7 Å². The Labute approximate surface area is 151 Å². The lowest BCUT2D eigenvalue weighted by Crippen LogP contribution is -2.33. The molecule has 6 nitrogen and oxygen atoms in total. The molecule has 0 unspecified atom stereocenters. The fourth-order valence-electron chi connectivity index (χ4n) is 3.04. The monoisotopic (exact) mass is 352 g/mol. The lowest BCUT2D eigenvalue weighted by Gasteiger charge is -2.19. The molecule has 0 bridgehead atoms. The van der Waals surface area contributed by atoms with Gasteiger partial charge in [-0.05, 0) is 30.7 Å². The van der Waals surface area contributed by atoms with Gasteiger partial charge in [0.1, 0.15) is 0 Å². The lowest BCUT2D eigenvalue weighted by molar-refractivity contribution is 0.0642. The Balaban J connectivity index is 1.87. The maximum Gasteiger partial charge on any atom is 0.261 e. The smallest absolute Gasteiger partial charge is 0.261 e. The summed E-state index contributed by atoms with van der Waals surface area (Å²) in [5.41, 5.74) is 1.75. The van der Waals surface area contributed by atoms with E-state index in [1.807, 2.05) is 37.3 Å². The van der Waals surface area contributed by atoms with Crippen molar-refractivity contribution in [3.63, 3.8) is 0 Å². The third-order valence-corrected chi connectivity index (χ3v) is 4.44. The fraction of sp³-hybridized carbons (Fsp3) is 0.250. The van der Waals surface area contributed by atoms with Crippen molar-refractivity contribution in [2.24, 2.45) is 0 Å². The van der Waals surface area contributed by atoms with Gasteiger partial charge < -0.3 is 10.0 Å². The number of nitrogens with zero attached hydrogens (tertiary/aromatic N) is 2. The van der Waals surface area contributed by atoms with E-state index in [2.05, 4.69) is 0 Å². The van der Waals surface area contributed by atoms with Crippen molar-refractivity contribution in [1.29, 1.82) is 0 Å². The number of amides is 3. The topological polar surface area (TPSA) is 77.9 Å². The van der Waals surface area contributed by atoms with Crippen molar-refractivity contribution < 1.29 is 19.5 Å². The van der Waals surface area contributed by atoms with Gasteiger partial charge in [-0.3, -0.25) is 19.3 Å². The summed E-state index contributed by atoms with van der Waals surface area (Å²) in [4.78, 5) is 40.5. The van der Waals surface area contributed by atoms with Crippen LogP contribution in [-0.2, 0) is 6.54 Å². The Hall–Kier alpha value is -2.99. The van der Waals surface area contributed by atoms with Gasteiger partial charge in [0.2, 0.25) is 0 Å². The minimum Gasteiger partial charge on any atom is -0.395 e. The summed E-state index contributed by atoms with van der Waals surface area (Å²) in [5.74, 6) is -1.02. The summed E-state index contributed by atoms with van der Waals surface area (Å²) in [6.07, 6.45) is 0. The summed E-state index contributed by atoms with van der Waals surface area (Å²) in [7, 11) is 0. The van der Waals surface area contributed by atoms with Crippen LogP contribution in [0.1, 0.15) is 43.6 Å². The second-order valence-electron chi connectivity index (χ2n) is 6.05. The average molecular weight is 352 g/mol. The molecule has 26 heavy (non-hydrogen) atoms. The summed E-state index contributed by atoms with van der Waals surface area (Å²) in [5, 5.41) is 9.07. The largest absolute Gasteiger partial charge is 0.395 e. The van der Waals surface area contributed by atoms with Gasteiger partial charge >= 0.3 is 0 Å². The van der Waals surface area contributed by atoms with Crippen LogP contribution in [0.25, 0.3) is 0 Å². The Morgan fingerprint density at radius 1 is 1.04 bits per heavy atom. The maximum atomic E-state index is 12.7. The van der Waals surface area contributed by atoms with E-state index >= 15 is 0 Å². The normalized spacial score (nSPS) is 13.1. The van der Waals surface area contributed by atoms with Crippen molar-refractivity contribution in [1.82, 2.24) is 9.80 Å². The molecule has 3 rings (SSSR count).